The number of carbonyl (C=O) groups is 1. The largest absolute Gasteiger partial charge is 0.357 e. The van der Waals surface area contributed by atoms with Crippen LogP contribution in [0.3, 0.4) is 0 Å². The molecule has 1 aliphatic rings. The summed E-state index contributed by atoms with van der Waals surface area (Å²) in [6.07, 6.45) is 8.10. The van der Waals surface area contributed by atoms with E-state index in [9.17, 15) is 4.79 Å². The molecule has 2 aromatic rings. The van der Waals surface area contributed by atoms with Gasteiger partial charge in [-0.2, -0.15) is 0 Å². The monoisotopic (exact) mass is 337 g/mol. The summed E-state index contributed by atoms with van der Waals surface area (Å²) in [6.45, 7) is 2.76. The molecule has 1 fully saturated rings. The van der Waals surface area contributed by atoms with Gasteiger partial charge in [0.25, 0.3) is 0 Å². The normalized spacial score (nSPS) is 14.3. The van der Waals surface area contributed by atoms with Crippen LogP contribution in [0.5, 0.6) is 0 Å². The van der Waals surface area contributed by atoms with Crippen molar-refractivity contribution in [2.45, 2.75) is 45.1 Å². The third-order valence-electron chi connectivity index (χ3n) is 4.69. The first-order valence-corrected chi connectivity index (χ1v) is 9.32. The maximum absolute atomic E-state index is 12.0. The topological polar surface area (TPSA) is 45.2 Å². The molecule has 1 N–H and O–H groups in total. The number of pyridine rings is 1. The first-order chi connectivity index (χ1) is 12.3. The van der Waals surface area contributed by atoms with Crippen LogP contribution in [0.15, 0.2) is 48.7 Å². The molecular formula is C21H27N3O. The van der Waals surface area contributed by atoms with Gasteiger partial charge < -0.3 is 10.2 Å². The highest BCUT2D eigenvalue weighted by Gasteiger charge is 2.11. The van der Waals surface area contributed by atoms with Crippen molar-refractivity contribution < 1.29 is 4.79 Å². The second-order valence-electron chi connectivity index (χ2n) is 6.69. The molecule has 132 valence electrons. The van der Waals surface area contributed by atoms with Crippen molar-refractivity contribution in [1.29, 1.82) is 0 Å². The summed E-state index contributed by atoms with van der Waals surface area (Å²) in [5, 5.41) is 2.99. The molecule has 25 heavy (non-hydrogen) atoms. The van der Waals surface area contributed by atoms with Crippen LogP contribution in [0, 0.1) is 0 Å². The summed E-state index contributed by atoms with van der Waals surface area (Å²) in [6, 6.07) is 14.4. The van der Waals surface area contributed by atoms with Crippen molar-refractivity contribution in [2.75, 3.05) is 18.0 Å². The number of carbonyl (C=O) groups excluding carboxylic acids is 1. The number of hydrogen-bond acceptors (Lipinski definition) is 3. The molecule has 1 amide bonds. The average Bonchev–Trinajstić information content (AvgIpc) is 2.68. The standard InChI is InChI=1S/C21H27N3O/c25-21(11-7-10-18-8-3-1-4-9-18)23-17-19-12-13-20(22-16-19)24-14-5-2-6-15-24/h1,3-4,8-9,12-13,16H,2,5-7,10-11,14-15,17H2,(H,23,25). The number of nitrogens with zero attached hydrogens (tertiary/aromatic N) is 2. The summed E-state index contributed by atoms with van der Waals surface area (Å²) in [7, 11) is 0. The van der Waals surface area contributed by atoms with E-state index in [-0.39, 0.29) is 5.91 Å². The van der Waals surface area contributed by atoms with Gasteiger partial charge in [0.05, 0.1) is 0 Å². The van der Waals surface area contributed by atoms with E-state index in [4.69, 9.17) is 0 Å². The Labute approximate surface area is 150 Å². The van der Waals surface area contributed by atoms with Crippen molar-refractivity contribution >= 4 is 11.7 Å². The number of nitrogens with one attached hydrogen (secondary N) is 1. The number of rotatable bonds is 7. The van der Waals surface area contributed by atoms with Crippen molar-refractivity contribution in [3.05, 3.63) is 59.8 Å². The highest BCUT2D eigenvalue weighted by molar-refractivity contribution is 5.75. The highest BCUT2D eigenvalue weighted by atomic mass is 16.1. The lowest BCUT2D eigenvalue weighted by atomic mass is 10.1. The van der Waals surface area contributed by atoms with Gasteiger partial charge in [-0.15, -0.1) is 0 Å². The summed E-state index contributed by atoms with van der Waals surface area (Å²) in [5.41, 5.74) is 2.34. The number of aryl methyl sites for hydroxylation is 1. The quantitative estimate of drug-likeness (QED) is 0.838. The molecule has 1 saturated heterocycles. The van der Waals surface area contributed by atoms with Crippen LogP contribution in [0.1, 0.15) is 43.2 Å². The van der Waals surface area contributed by atoms with E-state index in [0.29, 0.717) is 13.0 Å². The second kappa shape index (κ2) is 9.21. The van der Waals surface area contributed by atoms with Gasteiger partial charge in [-0.05, 0) is 49.3 Å². The predicted octanol–water partition coefficient (Wildman–Crippen LogP) is 3.71. The van der Waals surface area contributed by atoms with Crippen molar-refractivity contribution in [1.82, 2.24) is 10.3 Å². The minimum absolute atomic E-state index is 0.107. The van der Waals surface area contributed by atoms with Gasteiger partial charge in [0.2, 0.25) is 5.91 Å². The first kappa shape index (κ1) is 17.5. The number of amides is 1. The second-order valence-corrected chi connectivity index (χ2v) is 6.69. The molecule has 0 spiro atoms. The van der Waals surface area contributed by atoms with Gasteiger partial charge in [0.1, 0.15) is 5.82 Å². The van der Waals surface area contributed by atoms with Gasteiger partial charge in [-0.1, -0.05) is 36.4 Å². The fraction of sp³-hybridized carbons (Fsp3) is 0.429. The van der Waals surface area contributed by atoms with Crippen molar-refractivity contribution in [2.24, 2.45) is 0 Å². The predicted molar refractivity (Wildman–Crippen MR) is 102 cm³/mol. The van der Waals surface area contributed by atoms with E-state index in [1.54, 1.807) is 0 Å². The maximum atomic E-state index is 12.0. The molecular weight excluding hydrogens is 310 g/mol. The van der Waals surface area contributed by atoms with Gasteiger partial charge in [-0.3, -0.25) is 4.79 Å². The number of anilines is 1. The zero-order chi connectivity index (χ0) is 17.3. The zero-order valence-electron chi connectivity index (χ0n) is 14.8. The van der Waals surface area contributed by atoms with Gasteiger partial charge in [0, 0.05) is 32.3 Å². The Balaban J connectivity index is 1.38. The molecule has 1 aliphatic heterocycles. The lowest BCUT2D eigenvalue weighted by Crippen LogP contribution is -2.30. The van der Waals surface area contributed by atoms with Crippen LogP contribution in [0.2, 0.25) is 0 Å². The Morgan fingerprint density at radius 1 is 1.00 bits per heavy atom. The number of piperidine rings is 1. The minimum Gasteiger partial charge on any atom is -0.357 e. The molecule has 0 bridgehead atoms. The summed E-state index contributed by atoms with van der Waals surface area (Å²) < 4.78 is 0. The molecule has 1 aromatic heterocycles. The van der Waals surface area contributed by atoms with E-state index >= 15 is 0 Å². The maximum Gasteiger partial charge on any atom is 0.220 e. The van der Waals surface area contributed by atoms with Crippen LogP contribution < -0.4 is 10.2 Å². The van der Waals surface area contributed by atoms with Gasteiger partial charge in [-0.25, -0.2) is 4.98 Å². The lowest BCUT2D eigenvalue weighted by molar-refractivity contribution is -0.121. The summed E-state index contributed by atoms with van der Waals surface area (Å²) >= 11 is 0. The van der Waals surface area contributed by atoms with Crippen LogP contribution in [-0.4, -0.2) is 24.0 Å². The van der Waals surface area contributed by atoms with E-state index in [1.165, 1.54) is 24.8 Å². The molecule has 0 saturated carbocycles. The Morgan fingerprint density at radius 2 is 1.80 bits per heavy atom. The Morgan fingerprint density at radius 3 is 2.52 bits per heavy atom. The molecule has 3 rings (SSSR count). The van der Waals surface area contributed by atoms with E-state index < -0.39 is 0 Å². The fourth-order valence-electron chi connectivity index (χ4n) is 3.22. The average molecular weight is 337 g/mol. The van der Waals surface area contributed by atoms with E-state index in [0.717, 1.165) is 37.3 Å². The zero-order valence-corrected chi connectivity index (χ0v) is 14.8. The first-order valence-electron chi connectivity index (χ1n) is 9.32. The molecule has 2 heterocycles. The number of benzene rings is 1. The van der Waals surface area contributed by atoms with E-state index in [1.807, 2.05) is 24.4 Å². The Bertz CT molecular complexity index is 649. The van der Waals surface area contributed by atoms with Gasteiger partial charge >= 0.3 is 0 Å². The van der Waals surface area contributed by atoms with E-state index in [2.05, 4.69) is 39.5 Å². The molecule has 0 aliphatic carbocycles. The van der Waals surface area contributed by atoms with Crippen LogP contribution in [0.25, 0.3) is 0 Å². The fourth-order valence-corrected chi connectivity index (χ4v) is 3.22. The lowest BCUT2D eigenvalue weighted by Gasteiger charge is -2.27. The molecule has 4 nitrogen and oxygen atoms in total. The van der Waals surface area contributed by atoms with Crippen LogP contribution in [0.4, 0.5) is 5.82 Å². The number of aromatic nitrogens is 1. The highest BCUT2D eigenvalue weighted by Crippen LogP contribution is 2.17. The summed E-state index contributed by atoms with van der Waals surface area (Å²) in [4.78, 5) is 18.9. The third-order valence-corrected chi connectivity index (χ3v) is 4.69. The molecule has 0 atom stereocenters. The van der Waals surface area contributed by atoms with Crippen molar-refractivity contribution in [3.8, 4) is 0 Å². The van der Waals surface area contributed by atoms with Crippen molar-refractivity contribution in [3.63, 3.8) is 0 Å². The molecule has 1 aromatic carbocycles. The van der Waals surface area contributed by atoms with Crippen LogP contribution >= 0.6 is 0 Å². The number of hydrogen-bond donors (Lipinski definition) is 1. The Kier molecular flexibility index (Phi) is 6.43. The SMILES string of the molecule is O=C(CCCc1ccccc1)NCc1ccc(N2CCCCC2)nc1. The molecule has 4 heteroatoms. The molecule has 0 radical (unpaired) electrons. The Hall–Kier alpha value is -2.36. The smallest absolute Gasteiger partial charge is 0.220 e. The van der Waals surface area contributed by atoms with Crippen LogP contribution in [-0.2, 0) is 17.8 Å². The molecule has 0 unspecified atom stereocenters. The van der Waals surface area contributed by atoms with Gasteiger partial charge in [0.15, 0.2) is 0 Å². The summed E-state index contributed by atoms with van der Waals surface area (Å²) in [5.74, 6) is 1.16. The third kappa shape index (κ3) is 5.59. The minimum atomic E-state index is 0.107.